The number of nitrogens with zero attached hydrogens (tertiary/aromatic N) is 2. The lowest BCUT2D eigenvalue weighted by molar-refractivity contribution is 0.245. The fourth-order valence-electron chi connectivity index (χ4n) is 4.12. The molecule has 0 radical (unpaired) electrons. The molecule has 2 heterocycles. The van der Waals surface area contributed by atoms with Gasteiger partial charge in [0.2, 0.25) is 0 Å². The van der Waals surface area contributed by atoms with Crippen molar-refractivity contribution in [2.24, 2.45) is 0 Å². The molecule has 24 heavy (non-hydrogen) atoms. The van der Waals surface area contributed by atoms with Crippen LogP contribution in [-0.4, -0.2) is 23.1 Å². The van der Waals surface area contributed by atoms with Crippen molar-refractivity contribution in [2.45, 2.75) is 39.3 Å². The standard InChI is InChI=1S/C22H26N2/c1-16-9-10-20-19(15-16)22-17(2)23(3)13-12-21(22)24(20)14-11-18-7-5-4-6-8-18/h4-10,15,17H,11-14H2,1-3H3. The fourth-order valence-corrected chi connectivity index (χ4v) is 4.12. The van der Waals surface area contributed by atoms with Crippen molar-refractivity contribution in [3.63, 3.8) is 0 Å². The maximum Gasteiger partial charge on any atom is 0.0486 e. The molecule has 4 rings (SSSR count). The minimum absolute atomic E-state index is 0.496. The van der Waals surface area contributed by atoms with Gasteiger partial charge in [0.15, 0.2) is 0 Å². The maximum absolute atomic E-state index is 2.58. The highest BCUT2D eigenvalue weighted by Gasteiger charge is 2.27. The van der Waals surface area contributed by atoms with Crippen molar-refractivity contribution < 1.29 is 0 Å². The van der Waals surface area contributed by atoms with Gasteiger partial charge in [0, 0.05) is 42.1 Å². The Balaban J connectivity index is 1.80. The van der Waals surface area contributed by atoms with Crippen molar-refractivity contribution in [2.75, 3.05) is 13.6 Å². The van der Waals surface area contributed by atoms with Crippen LogP contribution in [0.15, 0.2) is 48.5 Å². The Morgan fingerprint density at radius 2 is 1.88 bits per heavy atom. The second-order valence-electron chi connectivity index (χ2n) is 7.17. The Kier molecular flexibility index (Phi) is 3.93. The third-order valence-corrected chi connectivity index (χ3v) is 5.62. The van der Waals surface area contributed by atoms with E-state index < -0.39 is 0 Å². The first-order chi connectivity index (χ1) is 11.6. The van der Waals surface area contributed by atoms with Crippen LogP contribution in [0.25, 0.3) is 10.9 Å². The molecule has 1 aromatic heterocycles. The molecule has 0 fully saturated rings. The van der Waals surface area contributed by atoms with Crippen LogP contribution in [0.3, 0.4) is 0 Å². The molecule has 1 aliphatic heterocycles. The predicted molar refractivity (Wildman–Crippen MR) is 102 cm³/mol. The van der Waals surface area contributed by atoms with Crippen LogP contribution in [0.2, 0.25) is 0 Å². The fraction of sp³-hybridized carbons (Fsp3) is 0.364. The molecule has 1 unspecified atom stereocenters. The van der Waals surface area contributed by atoms with Gasteiger partial charge in [-0.05, 0) is 50.6 Å². The lowest BCUT2D eigenvalue weighted by atomic mass is 9.97. The molecule has 0 amide bonds. The summed E-state index contributed by atoms with van der Waals surface area (Å²) in [7, 11) is 2.25. The molecule has 2 nitrogen and oxygen atoms in total. The molecule has 1 aliphatic rings. The second-order valence-corrected chi connectivity index (χ2v) is 7.17. The van der Waals surface area contributed by atoms with Gasteiger partial charge in [-0.2, -0.15) is 0 Å². The minimum atomic E-state index is 0.496. The third-order valence-electron chi connectivity index (χ3n) is 5.62. The number of aryl methyl sites for hydroxylation is 3. The van der Waals surface area contributed by atoms with E-state index in [0.717, 1.165) is 25.9 Å². The van der Waals surface area contributed by atoms with E-state index in [1.54, 1.807) is 11.3 Å². The van der Waals surface area contributed by atoms with Gasteiger partial charge >= 0.3 is 0 Å². The summed E-state index contributed by atoms with van der Waals surface area (Å²) in [5.41, 5.74) is 7.28. The Morgan fingerprint density at radius 3 is 2.67 bits per heavy atom. The zero-order valence-corrected chi connectivity index (χ0v) is 14.9. The molecular weight excluding hydrogens is 292 g/mol. The summed E-state index contributed by atoms with van der Waals surface area (Å²) in [5.74, 6) is 0. The lowest BCUT2D eigenvalue weighted by Gasteiger charge is -2.31. The molecule has 124 valence electrons. The van der Waals surface area contributed by atoms with Gasteiger partial charge in [0.1, 0.15) is 0 Å². The summed E-state index contributed by atoms with van der Waals surface area (Å²) < 4.78 is 2.58. The van der Waals surface area contributed by atoms with E-state index in [1.807, 2.05) is 0 Å². The van der Waals surface area contributed by atoms with Crippen molar-refractivity contribution in [1.82, 2.24) is 9.47 Å². The van der Waals surface area contributed by atoms with Gasteiger partial charge < -0.3 is 4.57 Å². The predicted octanol–water partition coefficient (Wildman–Crippen LogP) is 4.74. The van der Waals surface area contributed by atoms with Gasteiger partial charge in [-0.25, -0.2) is 0 Å². The van der Waals surface area contributed by atoms with E-state index in [1.165, 1.54) is 22.0 Å². The molecule has 2 aromatic carbocycles. The van der Waals surface area contributed by atoms with E-state index >= 15 is 0 Å². The SMILES string of the molecule is Cc1ccc2c(c1)c1c(n2CCc2ccccc2)CCN(C)C1C. The molecule has 0 aliphatic carbocycles. The average Bonchev–Trinajstić information content (AvgIpc) is 2.90. The molecule has 0 spiro atoms. The lowest BCUT2D eigenvalue weighted by Crippen LogP contribution is -2.31. The van der Waals surface area contributed by atoms with E-state index in [0.29, 0.717) is 6.04 Å². The average molecular weight is 318 g/mol. The number of hydrogen-bond acceptors (Lipinski definition) is 1. The molecule has 0 bridgehead atoms. The first-order valence-electron chi connectivity index (χ1n) is 9.01. The maximum atomic E-state index is 2.58. The number of hydrogen-bond donors (Lipinski definition) is 0. The van der Waals surface area contributed by atoms with Crippen molar-refractivity contribution in [3.05, 3.63) is 70.9 Å². The molecule has 0 N–H and O–H groups in total. The van der Waals surface area contributed by atoms with Crippen LogP contribution in [0.1, 0.15) is 35.3 Å². The molecule has 1 atom stereocenters. The van der Waals surface area contributed by atoms with Crippen LogP contribution in [0.5, 0.6) is 0 Å². The van der Waals surface area contributed by atoms with E-state index in [-0.39, 0.29) is 0 Å². The van der Waals surface area contributed by atoms with Crippen LogP contribution in [0, 0.1) is 6.92 Å². The van der Waals surface area contributed by atoms with Crippen LogP contribution in [-0.2, 0) is 19.4 Å². The third kappa shape index (κ3) is 2.55. The second kappa shape index (κ2) is 6.10. The van der Waals surface area contributed by atoms with Gasteiger partial charge in [-0.1, -0.05) is 42.0 Å². The molecule has 3 aromatic rings. The summed E-state index contributed by atoms with van der Waals surface area (Å²) >= 11 is 0. The highest BCUT2D eigenvalue weighted by Crippen LogP contribution is 2.37. The van der Waals surface area contributed by atoms with Crippen LogP contribution >= 0.6 is 0 Å². The molecular formula is C22H26N2. The largest absolute Gasteiger partial charge is 0.344 e. The number of rotatable bonds is 3. The first kappa shape index (κ1) is 15.5. The first-order valence-corrected chi connectivity index (χ1v) is 9.01. The summed E-state index contributed by atoms with van der Waals surface area (Å²) in [6.07, 6.45) is 2.24. The van der Waals surface area contributed by atoms with E-state index in [9.17, 15) is 0 Å². The Morgan fingerprint density at radius 1 is 1.08 bits per heavy atom. The Bertz CT molecular complexity index is 861. The number of fused-ring (bicyclic) bond motifs is 3. The van der Waals surface area contributed by atoms with Crippen molar-refractivity contribution in [3.8, 4) is 0 Å². The van der Waals surface area contributed by atoms with Crippen molar-refractivity contribution >= 4 is 10.9 Å². The van der Waals surface area contributed by atoms with E-state index in [4.69, 9.17) is 0 Å². The zero-order valence-electron chi connectivity index (χ0n) is 14.9. The smallest absolute Gasteiger partial charge is 0.0486 e. The van der Waals surface area contributed by atoms with Crippen molar-refractivity contribution in [1.29, 1.82) is 0 Å². The van der Waals surface area contributed by atoms with Crippen LogP contribution in [0.4, 0.5) is 0 Å². The van der Waals surface area contributed by atoms with Gasteiger partial charge in [0.25, 0.3) is 0 Å². The normalized spacial score (nSPS) is 18.0. The van der Waals surface area contributed by atoms with Crippen LogP contribution < -0.4 is 0 Å². The zero-order chi connectivity index (χ0) is 16.7. The highest BCUT2D eigenvalue weighted by molar-refractivity contribution is 5.87. The molecule has 2 heteroatoms. The Hall–Kier alpha value is -2.06. The topological polar surface area (TPSA) is 8.17 Å². The summed E-state index contributed by atoms with van der Waals surface area (Å²) in [5, 5.41) is 1.46. The number of aromatic nitrogens is 1. The van der Waals surface area contributed by atoms with Gasteiger partial charge in [0.05, 0.1) is 0 Å². The number of likely N-dealkylation sites (N-methyl/N-ethyl adjacent to an activating group) is 1. The van der Waals surface area contributed by atoms with Gasteiger partial charge in [-0.3, -0.25) is 4.90 Å². The van der Waals surface area contributed by atoms with E-state index in [2.05, 4.69) is 78.9 Å². The molecule has 0 saturated heterocycles. The monoisotopic (exact) mass is 318 g/mol. The summed E-state index contributed by atoms with van der Waals surface area (Å²) in [4.78, 5) is 2.48. The quantitative estimate of drug-likeness (QED) is 0.677. The minimum Gasteiger partial charge on any atom is -0.344 e. The summed E-state index contributed by atoms with van der Waals surface area (Å²) in [6, 6.07) is 18.3. The molecule has 0 saturated carbocycles. The highest BCUT2D eigenvalue weighted by atomic mass is 15.1. The van der Waals surface area contributed by atoms with Gasteiger partial charge in [-0.15, -0.1) is 0 Å². The Labute approximate surface area is 144 Å². The number of benzene rings is 2. The summed E-state index contributed by atoms with van der Waals surface area (Å²) in [6.45, 7) is 6.76.